The van der Waals surface area contributed by atoms with E-state index in [1.165, 1.54) is 37.2 Å². The number of ketones is 1. The maximum atomic E-state index is 12.0. The quantitative estimate of drug-likeness (QED) is 0.766. The van der Waals surface area contributed by atoms with Gasteiger partial charge < -0.3 is 4.90 Å². The van der Waals surface area contributed by atoms with Gasteiger partial charge in [0.25, 0.3) is 0 Å². The topological polar surface area (TPSA) is 33.2 Å². The Morgan fingerprint density at radius 1 is 1.47 bits per heavy atom. The molecule has 1 aromatic heterocycles. The Morgan fingerprint density at radius 3 is 2.65 bits per heavy atom. The third-order valence-corrected chi connectivity index (χ3v) is 2.27. The molecule has 0 N–H and O–H groups in total. The zero-order valence-corrected chi connectivity index (χ0v) is 9.58. The Labute approximate surface area is 97.3 Å². The zero-order chi connectivity index (χ0) is 13.1. The summed E-state index contributed by atoms with van der Waals surface area (Å²) in [6.45, 7) is 1.21. The molecule has 0 atom stereocenters. The SMILES string of the molecule is CC(=O)c1ccnc(N(C)CCC(F)(F)F)c1. The number of hydrogen-bond acceptors (Lipinski definition) is 3. The van der Waals surface area contributed by atoms with Crippen molar-refractivity contribution in [1.29, 1.82) is 0 Å². The molecule has 0 saturated carbocycles. The van der Waals surface area contributed by atoms with Gasteiger partial charge in [0.05, 0.1) is 6.42 Å². The summed E-state index contributed by atoms with van der Waals surface area (Å²) < 4.78 is 36.1. The Balaban J connectivity index is 2.72. The van der Waals surface area contributed by atoms with Crippen LogP contribution in [0.5, 0.6) is 0 Å². The van der Waals surface area contributed by atoms with Crippen LogP contribution in [0.15, 0.2) is 18.3 Å². The van der Waals surface area contributed by atoms with Crippen molar-refractivity contribution in [3.8, 4) is 0 Å². The summed E-state index contributed by atoms with van der Waals surface area (Å²) in [4.78, 5) is 16.4. The molecule has 0 bridgehead atoms. The average Bonchev–Trinajstić information content (AvgIpc) is 2.25. The molecule has 0 amide bonds. The lowest BCUT2D eigenvalue weighted by atomic mass is 10.2. The molecule has 0 aromatic carbocycles. The van der Waals surface area contributed by atoms with Gasteiger partial charge in [0.1, 0.15) is 5.82 Å². The van der Waals surface area contributed by atoms with Gasteiger partial charge in [0.2, 0.25) is 0 Å². The van der Waals surface area contributed by atoms with Gasteiger partial charge >= 0.3 is 6.18 Å². The molecule has 0 fully saturated rings. The molecule has 0 aliphatic heterocycles. The minimum absolute atomic E-state index is 0.141. The molecule has 0 saturated heterocycles. The Kier molecular flexibility index (Phi) is 4.09. The van der Waals surface area contributed by atoms with Crippen molar-refractivity contribution < 1.29 is 18.0 Å². The fraction of sp³-hybridized carbons (Fsp3) is 0.455. The van der Waals surface area contributed by atoms with Crippen LogP contribution in [-0.2, 0) is 0 Å². The van der Waals surface area contributed by atoms with Crippen LogP contribution in [-0.4, -0.2) is 30.5 Å². The molecule has 3 nitrogen and oxygen atoms in total. The van der Waals surface area contributed by atoms with E-state index in [1.54, 1.807) is 0 Å². The number of carbonyl (C=O) groups is 1. The smallest absolute Gasteiger partial charge is 0.359 e. The predicted octanol–water partition coefficient (Wildman–Crippen LogP) is 2.67. The maximum Gasteiger partial charge on any atom is 0.390 e. The molecule has 17 heavy (non-hydrogen) atoms. The molecule has 0 aliphatic carbocycles. The van der Waals surface area contributed by atoms with Crippen molar-refractivity contribution in [2.24, 2.45) is 0 Å². The van der Waals surface area contributed by atoms with E-state index < -0.39 is 12.6 Å². The first-order chi connectivity index (χ1) is 7.79. The molecule has 1 rings (SSSR count). The van der Waals surface area contributed by atoms with E-state index in [0.717, 1.165) is 0 Å². The predicted molar refractivity (Wildman–Crippen MR) is 58.2 cm³/mol. The van der Waals surface area contributed by atoms with Crippen LogP contribution in [0.2, 0.25) is 0 Å². The summed E-state index contributed by atoms with van der Waals surface area (Å²) in [5.74, 6) is 0.222. The molecule has 1 aromatic rings. The minimum Gasteiger partial charge on any atom is -0.359 e. The van der Waals surface area contributed by atoms with Crippen molar-refractivity contribution in [2.75, 3.05) is 18.5 Å². The van der Waals surface area contributed by atoms with Crippen molar-refractivity contribution in [2.45, 2.75) is 19.5 Å². The van der Waals surface area contributed by atoms with E-state index in [2.05, 4.69) is 4.98 Å². The number of nitrogens with zero attached hydrogens (tertiary/aromatic N) is 2. The molecule has 0 aliphatic rings. The number of Topliss-reactive ketones (excluding diaryl/α,β-unsaturated/α-hetero) is 1. The van der Waals surface area contributed by atoms with E-state index in [0.29, 0.717) is 11.4 Å². The largest absolute Gasteiger partial charge is 0.390 e. The molecule has 6 heteroatoms. The molecule has 1 heterocycles. The van der Waals surface area contributed by atoms with Gasteiger partial charge in [0, 0.05) is 25.4 Å². The highest BCUT2D eigenvalue weighted by molar-refractivity contribution is 5.94. The van der Waals surface area contributed by atoms with Crippen LogP contribution in [0, 0.1) is 0 Å². The minimum atomic E-state index is -4.19. The van der Waals surface area contributed by atoms with Gasteiger partial charge in [-0.15, -0.1) is 0 Å². The molecule has 0 radical (unpaired) electrons. The summed E-state index contributed by atoms with van der Waals surface area (Å²) in [7, 11) is 1.51. The Bertz CT molecular complexity index is 404. The summed E-state index contributed by atoms with van der Waals surface area (Å²) in [5.41, 5.74) is 0.439. The van der Waals surface area contributed by atoms with Gasteiger partial charge in [-0.25, -0.2) is 4.98 Å². The third-order valence-electron chi connectivity index (χ3n) is 2.27. The summed E-state index contributed by atoms with van der Waals surface area (Å²) in [6.07, 6.45) is -3.68. The van der Waals surface area contributed by atoms with E-state index in [9.17, 15) is 18.0 Å². The number of hydrogen-bond donors (Lipinski definition) is 0. The van der Waals surface area contributed by atoms with Crippen LogP contribution in [0.1, 0.15) is 23.7 Å². The number of alkyl halides is 3. The first kappa shape index (κ1) is 13.5. The van der Waals surface area contributed by atoms with Crippen molar-refractivity contribution >= 4 is 11.6 Å². The van der Waals surface area contributed by atoms with Crippen molar-refractivity contribution in [3.63, 3.8) is 0 Å². The summed E-state index contributed by atoms with van der Waals surface area (Å²) >= 11 is 0. The fourth-order valence-corrected chi connectivity index (χ4v) is 1.26. The van der Waals surface area contributed by atoms with Crippen molar-refractivity contribution in [1.82, 2.24) is 4.98 Å². The van der Waals surface area contributed by atoms with Gasteiger partial charge in [-0.3, -0.25) is 4.79 Å². The lowest BCUT2D eigenvalue weighted by Gasteiger charge is -2.19. The lowest BCUT2D eigenvalue weighted by Crippen LogP contribution is -2.24. The standard InChI is InChI=1S/C11H13F3N2O/c1-8(17)9-3-5-15-10(7-9)16(2)6-4-11(12,13)14/h3,5,7H,4,6H2,1-2H3. The third kappa shape index (κ3) is 4.42. The maximum absolute atomic E-state index is 12.0. The molecular weight excluding hydrogens is 233 g/mol. The van der Waals surface area contributed by atoms with E-state index in [-0.39, 0.29) is 12.3 Å². The van der Waals surface area contributed by atoms with Crippen LogP contribution in [0.25, 0.3) is 0 Å². The van der Waals surface area contributed by atoms with Crippen LogP contribution >= 0.6 is 0 Å². The van der Waals surface area contributed by atoms with E-state index in [4.69, 9.17) is 0 Å². The second-order valence-corrected chi connectivity index (χ2v) is 3.75. The van der Waals surface area contributed by atoms with E-state index in [1.807, 2.05) is 0 Å². The second kappa shape index (κ2) is 5.16. The molecular formula is C11H13F3N2O. The summed E-state index contributed by atoms with van der Waals surface area (Å²) in [6, 6.07) is 3.02. The number of anilines is 1. The monoisotopic (exact) mass is 246 g/mol. The lowest BCUT2D eigenvalue weighted by molar-refractivity contribution is -0.132. The summed E-state index contributed by atoms with van der Waals surface area (Å²) in [5, 5.41) is 0. The highest BCUT2D eigenvalue weighted by Crippen LogP contribution is 2.21. The van der Waals surface area contributed by atoms with Gasteiger partial charge in [-0.1, -0.05) is 0 Å². The number of aromatic nitrogens is 1. The first-order valence-electron chi connectivity index (χ1n) is 5.04. The highest BCUT2D eigenvalue weighted by Gasteiger charge is 2.27. The van der Waals surface area contributed by atoms with Gasteiger partial charge in [-0.2, -0.15) is 13.2 Å². The van der Waals surface area contributed by atoms with Crippen LogP contribution in [0.3, 0.4) is 0 Å². The fourth-order valence-electron chi connectivity index (χ4n) is 1.26. The number of rotatable bonds is 4. The van der Waals surface area contributed by atoms with Gasteiger partial charge in [-0.05, 0) is 19.1 Å². The van der Waals surface area contributed by atoms with E-state index >= 15 is 0 Å². The normalized spacial score (nSPS) is 11.4. The number of pyridine rings is 1. The Morgan fingerprint density at radius 2 is 2.12 bits per heavy atom. The zero-order valence-electron chi connectivity index (χ0n) is 9.58. The average molecular weight is 246 g/mol. The first-order valence-corrected chi connectivity index (χ1v) is 5.04. The number of halogens is 3. The van der Waals surface area contributed by atoms with Crippen LogP contribution in [0.4, 0.5) is 19.0 Å². The second-order valence-electron chi connectivity index (χ2n) is 3.75. The number of carbonyl (C=O) groups excluding carboxylic acids is 1. The van der Waals surface area contributed by atoms with Gasteiger partial charge in [0.15, 0.2) is 5.78 Å². The van der Waals surface area contributed by atoms with Crippen LogP contribution < -0.4 is 4.90 Å². The highest BCUT2D eigenvalue weighted by atomic mass is 19.4. The Hall–Kier alpha value is -1.59. The molecule has 0 spiro atoms. The molecule has 0 unspecified atom stereocenters. The van der Waals surface area contributed by atoms with Crippen molar-refractivity contribution in [3.05, 3.63) is 23.9 Å². The molecule has 94 valence electrons.